The first kappa shape index (κ1) is 21.9. The Morgan fingerprint density at radius 3 is 2.43 bits per heavy atom. The minimum atomic E-state index is -4.57. The van der Waals surface area contributed by atoms with E-state index in [-0.39, 0.29) is 35.7 Å². The Morgan fingerprint density at radius 1 is 1.39 bits per heavy atom. The molecule has 0 aromatic heterocycles. The van der Waals surface area contributed by atoms with Crippen molar-refractivity contribution in [3.63, 3.8) is 0 Å². The Bertz CT molecular complexity index is 797. The first-order valence-electron chi connectivity index (χ1n) is 8.64. The summed E-state index contributed by atoms with van der Waals surface area (Å²) < 4.78 is 43.8. The highest BCUT2D eigenvalue weighted by Crippen LogP contribution is 2.41. The van der Waals surface area contributed by atoms with Crippen molar-refractivity contribution in [1.82, 2.24) is 0 Å². The number of rotatable bonds is 6. The van der Waals surface area contributed by atoms with E-state index < -0.39 is 29.7 Å². The van der Waals surface area contributed by atoms with Crippen LogP contribution in [-0.2, 0) is 9.59 Å². The summed E-state index contributed by atoms with van der Waals surface area (Å²) >= 11 is 6.07. The van der Waals surface area contributed by atoms with Gasteiger partial charge in [0.05, 0.1) is 5.02 Å². The summed E-state index contributed by atoms with van der Waals surface area (Å²) in [4.78, 5) is 25.3. The number of benzene rings is 1. The number of alkyl halides is 3. The molecule has 1 unspecified atom stereocenters. The summed E-state index contributed by atoms with van der Waals surface area (Å²) in [6, 6.07) is 3.65. The Hall–Kier alpha value is -2.40. The number of hydrogen-bond donors (Lipinski definition) is 1. The molecular formula is C19H19ClF3NO4. The molecular weight excluding hydrogens is 399 g/mol. The van der Waals surface area contributed by atoms with E-state index in [0.717, 1.165) is 4.90 Å². The summed E-state index contributed by atoms with van der Waals surface area (Å²) in [5.41, 5.74) is -1.43. The fourth-order valence-electron chi connectivity index (χ4n) is 3.38. The molecule has 1 aliphatic rings. The van der Waals surface area contributed by atoms with Crippen molar-refractivity contribution in [1.29, 1.82) is 0 Å². The van der Waals surface area contributed by atoms with Crippen LogP contribution in [-0.4, -0.2) is 34.8 Å². The Kier molecular flexibility index (Phi) is 6.50. The maximum Gasteiger partial charge on any atom is 0.425 e. The molecule has 152 valence electrons. The second-order valence-electron chi connectivity index (χ2n) is 6.50. The van der Waals surface area contributed by atoms with Gasteiger partial charge in [-0.3, -0.25) is 9.69 Å². The van der Waals surface area contributed by atoms with E-state index in [1.165, 1.54) is 25.1 Å². The van der Waals surface area contributed by atoms with Crippen LogP contribution in [0.2, 0.25) is 5.02 Å². The average Bonchev–Trinajstić information content (AvgIpc) is 3.10. The fraction of sp³-hybridized carbons (Fsp3) is 0.474. The molecule has 0 radical (unpaired) electrons. The van der Waals surface area contributed by atoms with Crippen LogP contribution in [0.15, 0.2) is 18.2 Å². The van der Waals surface area contributed by atoms with Crippen LogP contribution in [0.3, 0.4) is 0 Å². The highest BCUT2D eigenvalue weighted by Gasteiger charge is 2.49. The van der Waals surface area contributed by atoms with Gasteiger partial charge in [-0.25, -0.2) is 4.79 Å². The second-order valence-corrected chi connectivity index (χ2v) is 6.91. The molecule has 0 aliphatic heterocycles. The van der Waals surface area contributed by atoms with Gasteiger partial charge < -0.3 is 9.84 Å². The van der Waals surface area contributed by atoms with Crippen molar-refractivity contribution in [3.05, 3.63) is 23.2 Å². The van der Waals surface area contributed by atoms with E-state index in [9.17, 15) is 27.9 Å². The molecule has 0 saturated heterocycles. The number of anilines is 1. The number of ether oxygens (including phenoxy) is 1. The first-order valence-corrected chi connectivity index (χ1v) is 9.01. The van der Waals surface area contributed by atoms with Crippen molar-refractivity contribution in [3.8, 4) is 18.1 Å². The number of amides is 1. The van der Waals surface area contributed by atoms with Gasteiger partial charge in [-0.1, -0.05) is 31.4 Å². The number of carboxylic acids is 1. The van der Waals surface area contributed by atoms with Crippen LogP contribution in [0, 0.1) is 12.3 Å². The standard InChI is InChI=1S/C19H19ClF3NO4/c1-3-15(19(21,22)23)28-14-8-7-12(11-13(14)20)24(16(25)4-2)18(17(26)27)9-5-6-10-18/h2,7-8,11,15H,3,5-6,9-10H2,1H3,(H,26,27). The van der Waals surface area contributed by atoms with Crippen molar-refractivity contribution in [2.75, 3.05) is 4.90 Å². The quantitative estimate of drug-likeness (QED) is 0.696. The van der Waals surface area contributed by atoms with Gasteiger partial charge >= 0.3 is 18.1 Å². The number of carbonyl (C=O) groups excluding carboxylic acids is 1. The van der Waals surface area contributed by atoms with Crippen molar-refractivity contribution < 1.29 is 32.6 Å². The third-order valence-electron chi connectivity index (χ3n) is 4.76. The topological polar surface area (TPSA) is 66.8 Å². The van der Waals surface area contributed by atoms with Gasteiger partial charge in [0.15, 0.2) is 6.10 Å². The fourth-order valence-corrected chi connectivity index (χ4v) is 3.59. The SMILES string of the molecule is C#CC(=O)N(c1ccc(OC(CC)C(F)(F)F)c(Cl)c1)C1(C(=O)O)CCCC1. The Morgan fingerprint density at radius 2 is 2.00 bits per heavy atom. The number of halogens is 4. The molecule has 9 heteroatoms. The molecule has 1 aromatic rings. The van der Waals surface area contributed by atoms with Gasteiger partial charge in [-0.05, 0) is 43.4 Å². The number of hydrogen-bond acceptors (Lipinski definition) is 3. The summed E-state index contributed by atoms with van der Waals surface area (Å²) in [5, 5.41) is 9.57. The lowest BCUT2D eigenvalue weighted by atomic mass is 9.94. The molecule has 1 aromatic carbocycles. The van der Waals surface area contributed by atoms with Crippen molar-refractivity contribution in [2.45, 2.75) is 56.8 Å². The molecule has 2 rings (SSSR count). The van der Waals surface area contributed by atoms with Crippen LogP contribution in [0.25, 0.3) is 0 Å². The van der Waals surface area contributed by atoms with Crippen molar-refractivity contribution in [2.24, 2.45) is 0 Å². The maximum atomic E-state index is 12.9. The molecule has 0 bridgehead atoms. The molecule has 1 saturated carbocycles. The molecule has 1 atom stereocenters. The molecule has 1 amide bonds. The number of carboxylic acid groups (broad SMARTS) is 1. The maximum absolute atomic E-state index is 12.9. The highest BCUT2D eigenvalue weighted by atomic mass is 35.5. The summed E-state index contributed by atoms with van der Waals surface area (Å²) in [7, 11) is 0. The smallest absolute Gasteiger partial charge is 0.425 e. The largest absolute Gasteiger partial charge is 0.479 e. The van der Waals surface area contributed by atoms with E-state index in [4.69, 9.17) is 22.8 Å². The predicted octanol–water partition coefficient (Wildman–Crippen LogP) is 4.42. The lowest BCUT2D eigenvalue weighted by Gasteiger charge is -2.36. The van der Waals surface area contributed by atoms with Gasteiger partial charge in [0, 0.05) is 5.69 Å². The third kappa shape index (κ3) is 4.20. The highest BCUT2D eigenvalue weighted by molar-refractivity contribution is 6.32. The van der Waals surface area contributed by atoms with Crippen LogP contribution in [0.4, 0.5) is 18.9 Å². The number of terminal acetylenes is 1. The second kappa shape index (κ2) is 8.31. The van der Waals surface area contributed by atoms with E-state index >= 15 is 0 Å². The van der Waals surface area contributed by atoms with Crippen LogP contribution >= 0.6 is 11.6 Å². The van der Waals surface area contributed by atoms with Gasteiger partial charge in [-0.2, -0.15) is 13.2 Å². The predicted molar refractivity (Wildman–Crippen MR) is 97.4 cm³/mol. The van der Waals surface area contributed by atoms with Crippen LogP contribution < -0.4 is 9.64 Å². The number of carbonyl (C=O) groups is 2. The minimum Gasteiger partial charge on any atom is -0.479 e. The first-order chi connectivity index (χ1) is 13.1. The van der Waals surface area contributed by atoms with Gasteiger partial charge in [0.2, 0.25) is 0 Å². The van der Waals surface area contributed by atoms with E-state index in [0.29, 0.717) is 12.8 Å². The number of aliphatic carboxylic acids is 1. The monoisotopic (exact) mass is 417 g/mol. The van der Waals surface area contributed by atoms with Gasteiger partial charge in [-0.15, -0.1) is 6.42 Å². The zero-order valence-electron chi connectivity index (χ0n) is 15.1. The van der Waals surface area contributed by atoms with E-state index in [1.807, 2.05) is 5.92 Å². The lowest BCUT2D eigenvalue weighted by molar-refractivity contribution is -0.195. The molecule has 0 heterocycles. The molecule has 1 N–H and O–H groups in total. The van der Waals surface area contributed by atoms with Gasteiger partial charge in [0.1, 0.15) is 11.3 Å². The molecule has 0 spiro atoms. The van der Waals surface area contributed by atoms with E-state index in [2.05, 4.69) is 0 Å². The van der Waals surface area contributed by atoms with Crippen molar-refractivity contribution >= 4 is 29.2 Å². The van der Waals surface area contributed by atoms with Crippen LogP contribution in [0.1, 0.15) is 39.0 Å². The normalized spacial score (nSPS) is 16.9. The Labute approximate surface area is 165 Å². The lowest BCUT2D eigenvalue weighted by Crippen LogP contribution is -2.55. The summed E-state index contributed by atoms with van der Waals surface area (Å²) in [6.45, 7) is 1.32. The molecule has 5 nitrogen and oxygen atoms in total. The zero-order chi connectivity index (χ0) is 21.1. The number of nitrogens with zero attached hydrogens (tertiary/aromatic N) is 1. The molecule has 1 fully saturated rings. The van der Waals surface area contributed by atoms with Gasteiger partial charge in [0.25, 0.3) is 0 Å². The summed E-state index contributed by atoms with van der Waals surface area (Å²) in [5.74, 6) is -0.373. The van der Waals surface area contributed by atoms with E-state index in [1.54, 1.807) is 0 Å². The van der Waals surface area contributed by atoms with Crippen LogP contribution in [0.5, 0.6) is 5.75 Å². The summed E-state index contributed by atoms with van der Waals surface area (Å²) in [6.07, 6.45) is -0.101. The Balaban J connectivity index is 2.44. The zero-order valence-corrected chi connectivity index (χ0v) is 15.8. The minimum absolute atomic E-state index is 0.0876. The molecule has 28 heavy (non-hydrogen) atoms. The average molecular weight is 418 g/mol. The third-order valence-corrected chi connectivity index (χ3v) is 5.06. The molecule has 1 aliphatic carbocycles.